The summed E-state index contributed by atoms with van der Waals surface area (Å²) >= 11 is 0. The molecule has 0 bridgehead atoms. The fraction of sp³-hybridized carbons (Fsp3) is 0.522. The number of ether oxygens (including phenoxy) is 3. The van der Waals surface area contributed by atoms with Crippen LogP contribution in [0.3, 0.4) is 0 Å². The summed E-state index contributed by atoms with van der Waals surface area (Å²) in [7, 11) is 4.78. The van der Waals surface area contributed by atoms with Crippen molar-refractivity contribution in [3.63, 3.8) is 0 Å². The molecule has 31 heavy (non-hydrogen) atoms. The molecule has 0 radical (unpaired) electrons. The van der Waals surface area contributed by atoms with Crippen molar-refractivity contribution in [2.75, 3.05) is 59.0 Å². The van der Waals surface area contributed by atoms with Gasteiger partial charge in [-0.05, 0) is 36.6 Å². The molecule has 1 aliphatic heterocycles. The molecule has 1 aromatic carbocycles. The zero-order chi connectivity index (χ0) is 22.0. The number of ketones is 1. The van der Waals surface area contributed by atoms with Gasteiger partial charge in [0.25, 0.3) is 0 Å². The van der Waals surface area contributed by atoms with Crippen LogP contribution in [0, 0.1) is 0 Å². The van der Waals surface area contributed by atoms with E-state index in [0.29, 0.717) is 41.6 Å². The highest BCUT2D eigenvalue weighted by Crippen LogP contribution is 2.42. The van der Waals surface area contributed by atoms with Gasteiger partial charge in [0.1, 0.15) is 0 Å². The molecule has 1 aromatic heterocycles. The zero-order valence-electron chi connectivity index (χ0n) is 18.7. The maximum atomic E-state index is 12.9. The molecule has 1 aliphatic carbocycles. The van der Waals surface area contributed by atoms with Crippen LogP contribution in [0.4, 0.5) is 5.95 Å². The van der Waals surface area contributed by atoms with Crippen LogP contribution in [0.25, 0.3) is 0 Å². The molecule has 4 rings (SSSR count). The van der Waals surface area contributed by atoms with Crippen LogP contribution < -0.4 is 19.1 Å². The van der Waals surface area contributed by atoms with E-state index in [1.54, 1.807) is 27.5 Å². The lowest BCUT2D eigenvalue weighted by Crippen LogP contribution is -2.46. The van der Waals surface area contributed by atoms with Gasteiger partial charge in [-0.2, -0.15) is 0 Å². The topological polar surface area (TPSA) is 77.0 Å². The van der Waals surface area contributed by atoms with E-state index in [-0.39, 0.29) is 11.7 Å². The minimum absolute atomic E-state index is 0.00612. The van der Waals surface area contributed by atoms with E-state index < -0.39 is 0 Å². The number of likely N-dealkylation sites (N-methyl/N-ethyl adjacent to an activating group) is 1. The number of carbonyl (C=O) groups excluding carboxylic acids is 1. The van der Waals surface area contributed by atoms with E-state index in [9.17, 15) is 4.79 Å². The van der Waals surface area contributed by atoms with Crippen molar-refractivity contribution in [2.45, 2.75) is 25.7 Å². The number of benzene rings is 1. The van der Waals surface area contributed by atoms with E-state index in [1.807, 2.05) is 12.1 Å². The minimum Gasteiger partial charge on any atom is -0.493 e. The number of carbonyl (C=O) groups is 1. The number of piperazine rings is 1. The predicted octanol–water partition coefficient (Wildman–Crippen LogP) is 2.56. The van der Waals surface area contributed by atoms with Gasteiger partial charge in [-0.15, -0.1) is 0 Å². The molecule has 166 valence electrons. The second kappa shape index (κ2) is 9.09. The Balaban J connectivity index is 1.61. The van der Waals surface area contributed by atoms with Crippen molar-refractivity contribution >= 4 is 11.7 Å². The Morgan fingerprint density at radius 3 is 2.26 bits per heavy atom. The lowest BCUT2D eigenvalue weighted by molar-refractivity contribution is 0.0962. The summed E-state index contributed by atoms with van der Waals surface area (Å²) < 4.78 is 16.4. The van der Waals surface area contributed by atoms with Crippen LogP contribution in [0.15, 0.2) is 18.3 Å². The van der Waals surface area contributed by atoms with E-state index in [1.165, 1.54) is 0 Å². The number of hydrogen-bond acceptors (Lipinski definition) is 8. The first-order valence-electron chi connectivity index (χ1n) is 10.7. The molecular formula is C23H30N4O4. The van der Waals surface area contributed by atoms with Crippen molar-refractivity contribution in [2.24, 2.45) is 0 Å². The number of aromatic nitrogens is 2. The first kappa shape index (κ1) is 21.4. The van der Waals surface area contributed by atoms with Crippen molar-refractivity contribution in [3.8, 4) is 17.2 Å². The monoisotopic (exact) mass is 426 g/mol. The van der Waals surface area contributed by atoms with Gasteiger partial charge in [0.05, 0.1) is 32.6 Å². The smallest absolute Gasteiger partial charge is 0.225 e. The molecule has 1 atom stereocenters. The van der Waals surface area contributed by atoms with Crippen molar-refractivity contribution in [3.05, 3.63) is 35.2 Å². The van der Waals surface area contributed by atoms with E-state index in [4.69, 9.17) is 19.2 Å². The molecule has 0 saturated carbocycles. The molecule has 2 aromatic rings. The van der Waals surface area contributed by atoms with E-state index in [0.717, 1.165) is 44.0 Å². The van der Waals surface area contributed by atoms with Crippen LogP contribution in [-0.2, 0) is 6.42 Å². The number of hydrogen-bond donors (Lipinski definition) is 0. The predicted molar refractivity (Wildman–Crippen MR) is 118 cm³/mol. The van der Waals surface area contributed by atoms with Crippen molar-refractivity contribution in [1.29, 1.82) is 0 Å². The average molecular weight is 427 g/mol. The van der Waals surface area contributed by atoms with Gasteiger partial charge in [-0.25, -0.2) is 9.97 Å². The van der Waals surface area contributed by atoms with Crippen LogP contribution >= 0.6 is 0 Å². The van der Waals surface area contributed by atoms with Crippen molar-refractivity contribution in [1.82, 2.24) is 14.9 Å². The summed E-state index contributed by atoms with van der Waals surface area (Å²) in [6, 6.07) is 3.85. The van der Waals surface area contributed by atoms with Gasteiger partial charge >= 0.3 is 0 Å². The van der Waals surface area contributed by atoms with E-state index >= 15 is 0 Å². The largest absolute Gasteiger partial charge is 0.493 e. The highest BCUT2D eigenvalue weighted by atomic mass is 16.5. The van der Waals surface area contributed by atoms with Crippen molar-refractivity contribution < 1.29 is 19.0 Å². The van der Waals surface area contributed by atoms with Crippen LogP contribution in [0.1, 0.15) is 40.9 Å². The average Bonchev–Trinajstić information content (AvgIpc) is 2.82. The summed E-state index contributed by atoms with van der Waals surface area (Å²) in [4.78, 5) is 26.8. The fourth-order valence-electron chi connectivity index (χ4n) is 4.42. The SMILES string of the molecule is CCN1CCN(c2ncc3c(n2)C[C@@H](c2cc(OC)c(OC)c(OC)c2)CC3=O)CC1. The summed E-state index contributed by atoms with van der Waals surface area (Å²) in [5.41, 5.74) is 2.43. The van der Waals surface area contributed by atoms with Crippen LogP contribution in [0.2, 0.25) is 0 Å². The summed E-state index contributed by atoms with van der Waals surface area (Å²) in [5, 5.41) is 0. The minimum atomic E-state index is -0.00612. The number of methoxy groups -OCH3 is 3. The Morgan fingerprint density at radius 2 is 1.68 bits per heavy atom. The normalized spacial score (nSPS) is 19.2. The van der Waals surface area contributed by atoms with Crippen LogP contribution in [0.5, 0.6) is 17.2 Å². The zero-order valence-corrected chi connectivity index (χ0v) is 18.7. The third-order valence-electron chi connectivity index (χ3n) is 6.29. The van der Waals surface area contributed by atoms with Gasteiger partial charge < -0.3 is 24.0 Å². The lowest BCUT2D eigenvalue weighted by atomic mass is 9.82. The Morgan fingerprint density at radius 1 is 1.00 bits per heavy atom. The second-order valence-electron chi connectivity index (χ2n) is 7.94. The number of rotatable bonds is 6. The Labute approximate surface area is 183 Å². The summed E-state index contributed by atoms with van der Waals surface area (Å²) in [5.74, 6) is 2.51. The number of fused-ring (bicyclic) bond motifs is 1. The standard InChI is InChI=1S/C23H30N4O4/c1-5-26-6-8-27(9-7-26)23-24-14-17-18(25-23)10-15(11-19(17)28)16-12-20(29-2)22(31-4)21(13-16)30-3/h12-15H,5-11H2,1-4H3/t15-/m1/s1. The Bertz CT molecular complexity index is 932. The maximum absolute atomic E-state index is 12.9. The Hall–Kier alpha value is -2.87. The molecule has 0 N–H and O–H groups in total. The van der Waals surface area contributed by atoms with Gasteiger partial charge in [0.15, 0.2) is 17.3 Å². The number of anilines is 1. The van der Waals surface area contributed by atoms with Gasteiger partial charge in [0.2, 0.25) is 11.7 Å². The molecule has 1 fully saturated rings. The van der Waals surface area contributed by atoms with Gasteiger partial charge in [-0.1, -0.05) is 6.92 Å². The van der Waals surface area contributed by atoms with Crippen LogP contribution in [-0.4, -0.2) is 74.7 Å². The molecule has 2 aliphatic rings. The number of nitrogens with zero attached hydrogens (tertiary/aromatic N) is 4. The maximum Gasteiger partial charge on any atom is 0.225 e. The third kappa shape index (κ3) is 4.17. The van der Waals surface area contributed by atoms with Gasteiger partial charge in [-0.3, -0.25) is 4.79 Å². The third-order valence-corrected chi connectivity index (χ3v) is 6.29. The molecular weight excluding hydrogens is 396 g/mol. The Kier molecular flexibility index (Phi) is 6.27. The summed E-state index contributed by atoms with van der Waals surface area (Å²) in [6.07, 6.45) is 2.78. The molecule has 0 unspecified atom stereocenters. The molecule has 0 spiro atoms. The lowest BCUT2D eigenvalue weighted by Gasteiger charge is -2.34. The van der Waals surface area contributed by atoms with E-state index in [2.05, 4.69) is 21.7 Å². The number of Topliss-reactive ketones (excluding diaryl/α,β-unsaturated/α-hetero) is 1. The molecule has 0 amide bonds. The summed E-state index contributed by atoms with van der Waals surface area (Å²) in [6.45, 7) is 7.05. The molecule has 8 heteroatoms. The molecule has 8 nitrogen and oxygen atoms in total. The second-order valence-corrected chi connectivity index (χ2v) is 7.94. The first-order valence-corrected chi connectivity index (χ1v) is 10.7. The quantitative estimate of drug-likeness (QED) is 0.698. The molecule has 1 saturated heterocycles. The highest BCUT2D eigenvalue weighted by molar-refractivity contribution is 5.98. The molecule has 2 heterocycles. The van der Waals surface area contributed by atoms with Gasteiger partial charge in [0, 0.05) is 38.8 Å². The fourth-order valence-corrected chi connectivity index (χ4v) is 4.42. The first-order chi connectivity index (χ1) is 15.1. The highest BCUT2D eigenvalue weighted by Gasteiger charge is 2.30.